The maximum absolute atomic E-state index is 12.5. The standard InChI is InChI=1S/C8H9F2N3.C2H6/c1-6-2-11-5-12-7(6)13-3-8(9,10)4-13;1-2/h2,5H,3-4H2,1H3;1-2H3. The summed E-state index contributed by atoms with van der Waals surface area (Å²) >= 11 is 0. The molecule has 1 fully saturated rings. The molecule has 3 nitrogen and oxygen atoms in total. The molecule has 15 heavy (non-hydrogen) atoms. The van der Waals surface area contributed by atoms with Crippen molar-refractivity contribution in [3.05, 3.63) is 18.1 Å². The molecule has 0 radical (unpaired) electrons. The molecule has 0 N–H and O–H groups in total. The first-order valence-electron chi connectivity index (χ1n) is 4.98. The first-order chi connectivity index (χ1) is 7.08. The molecule has 0 atom stereocenters. The van der Waals surface area contributed by atoms with Gasteiger partial charge in [-0.15, -0.1) is 0 Å². The molecule has 0 saturated carbocycles. The van der Waals surface area contributed by atoms with Gasteiger partial charge in [-0.05, 0) is 6.92 Å². The highest BCUT2D eigenvalue weighted by Gasteiger charge is 2.44. The molecule has 0 spiro atoms. The predicted molar refractivity (Wildman–Crippen MR) is 55.3 cm³/mol. The van der Waals surface area contributed by atoms with Gasteiger partial charge in [-0.1, -0.05) is 13.8 Å². The summed E-state index contributed by atoms with van der Waals surface area (Å²) in [5, 5.41) is 0. The van der Waals surface area contributed by atoms with Crippen LogP contribution in [0.2, 0.25) is 0 Å². The topological polar surface area (TPSA) is 29.0 Å². The smallest absolute Gasteiger partial charge is 0.282 e. The van der Waals surface area contributed by atoms with Crippen molar-refractivity contribution in [2.75, 3.05) is 18.0 Å². The fourth-order valence-corrected chi connectivity index (χ4v) is 1.39. The van der Waals surface area contributed by atoms with E-state index in [9.17, 15) is 8.78 Å². The van der Waals surface area contributed by atoms with Gasteiger partial charge in [0.15, 0.2) is 0 Å². The minimum absolute atomic E-state index is 0.231. The second-order valence-corrected chi connectivity index (χ2v) is 3.24. The number of aryl methyl sites for hydroxylation is 1. The molecule has 0 unspecified atom stereocenters. The Bertz CT molecular complexity index is 320. The van der Waals surface area contributed by atoms with Crippen LogP contribution < -0.4 is 4.90 Å². The van der Waals surface area contributed by atoms with Gasteiger partial charge in [-0.2, -0.15) is 0 Å². The SMILES string of the molecule is CC.Cc1cncnc1N1CC(F)(F)C1. The maximum Gasteiger partial charge on any atom is 0.282 e. The summed E-state index contributed by atoms with van der Waals surface area (Å²) in [6.07, 6.45) is 3.00. The number of alkyl halides is 2. The van der Waals surface area contributed by atoms with Crippen molar-refractivity contribution in [1.29, 1.82) is 0 Å². The van der Waals surface area contributed by atoms with Crippen molar-refractivity contribution in [3.63, 3.8) is 0 Å². The minimum Gasteiger partial charge on any atom is -0.344 e. The Morgan fingerprint density at radius 3 is 2.40 bits per heavy atom. The van der Waals surface area contributed by atoms with Gasteiger partial charge in [0.25, 0.3) is 5.92 Å². The summed E-state index contributed by atoms with van der Waals surface area (Å²) in [5.41, 5.74) is 0.831. The van der Waals surface area contributed by atoms with Gasteiger partial charge in [0.05, 0.1) is 13.1 Å². The van der Waals surface area contributed by atoms with E-state index < -0.39 is 5.92 Å². The van der Waals surface area contributed by atoms with E-state index in [-0.39, 0.29) is 13.1 Å². The molecular formula is C10H15F2N3. The predicted octanol–water partition coefficient (Wildman–Crippen LogP) is 2.27. The van der Waals surface area contributed by atoms with Crippen LogP contribution in [0, 0.1) is 6.92 Å². The highest BCUT2D eigenvalue weighted by Crippen LogP contribution is 2.31. The third kappa shape index (κ3) is 2.61. The molecule has 1 aliphatic rings. The molecule has 1 saturated heterocycles. The lowest BCUT2D eigenvalue weighted by Crippen LogP contribution is -2.56. The molecular weight excluding hydrogens is 200 g/mol. The van der Waals surface area contributed by atoms with Crippen molar-refractivity contribution in [1.82, 2.24) is 9.97 Å². The van der Waals surface area contributed by atoms with E-state index in [0.717, 1.165) is 5.56 Å². The van der Waals surface area contributed by atoms with Crippen LogP contribution in [-0.4, -0.2) is 29.0 Å². The second-order valence-electron chi connectivity index (χ2n) is 3.24. The van der Waals surface area contributed by atoms with Gasteiger partial charge in [-0.3, -0.25) is 0 Å². The minimum atomic E-state index is -2.54. The Balaban J connectivity index is 0.000000531. The number of halogens is 2. The average molecular weight is 215 g/mol. The monoisotopic (exact) mass is 215 g/mol. The zero-order chi connectivity index (χ0) is 11.5. The maximum atomic E-state index is 12.5. The molecule has 2 rings (SSSR count). The third-order valence-corrected chi connectivity index (χ3v) is 2.01. The molecule has 5 heteroatoms. The van der Waals surface area contributed by atoms with Gasteiger partial charge in [0.1, 0.15) is 12.1 Å². The van der Waals surface area contributed by atoms with Crippen LogP contribution in [0.3, 0.4) is 0 Å². The summed E-state index contributed by atoms with van der Waals surface area (Å²) in [6.45, 7) is 5.35. The summed E-state index contributed by atoms with van der Waals surface area (Å²) in [5.74, 6) is -1.93. The highest BCUT2D eigenvalue weighted by molar-refractivity contribution is 5.48. The van der Waals surface area contributed by atoms with Crippen molar-refractivity contribution in [3.8, 4) is 0 Å². The fourth-order valence-electron chi connectivity index (χ4n) is 1.39. The Morgan fingerprint density at radius 1 is 1.33 bits per heavy atom. The zero-order valence-electron chi connectivity index (χ0n) is 9.17. The highest BCUT2D eigenvalue weighted by atomic mass is 19.3. The zero-order valence-corrected chi connectivity index (χ0v) is 9.17. The van der Waals surface area contributed by atoms with Crippen molar-refractivity contribution in [2.24, 2.45) is 0 Å². The van der Waals surface area contributed by atoms with Crippen molar-refractivity contribution in [2.45, 2.75) is 26.7 Å². The van der Waals surface area contributed by atoms with Gasteiger partial charge in [-0.25, -0.2) is 18.7 Å². The van der Waals surface area contributed by atoms with Crippen LogP contribution in [0.4, 0.5) is 14.6 Å². The summed E-state index contributed by atoms with van der Waals surface area (Å²) in [6, 6.07) is 0. The number of anilines is 1. The molecule has 84 valence electrons. The normalized spacial score (nSPS) is 17.5. The van der Waals surface area contributed by atoms with E-state index in [1.165, 1.54) is 6.33 Å². The van der Waals surface area contributed by atoms with E-state index in [4.69, 9.17) is 0 Å². The van der Waals surface area contributed by atoms with Crippen LogP contribution in [0.15, 0.2) is 12.5 Å². The molecule has 0 bridgehead atoms. The Morgan fingerprint density at radius 2 is 1.93 bits per heavy atom. The number of hydrogen-bond acceptors (Lipinski definition) is 3. The van der Waals surface area contributed by atoms with Crippen LogP contribution in [0.5, 0.6) is 0 Å². The average Bonchev–Trinajstić information content (AvgIpc) is 2.18. The molecule has 2 heterocycles. The summed E-state index contributed by atoms with van der Waals surface area (Å²) in [7, 11) is 0. The van der Waals surface area contributed by atoms with E-state index >= 15 is 0 Å². The lowest BCUT2D eigenvalue weighted by atomic mass is 10.1. The Kier molecular flexibility index (Phi) is 3.55. The van der Waals surface area contributed by atoms with Crippen molar-refractivity contribution >= 4 is 5.82 Å². The van der Waals surface area contributed by atoms with Crippen molar-refractivity contribution < 1.29 is 8.78 Å². The van der Waals surface area contributed by atoms with Crippen LogP contribution in [0.1, 0.15) is 19.4 Å². The van der Waals surface area contributed by atoms with E-state index in [0.29, 0.717) is 5.82 Å². The van der Waals surface area contributed by atoms with E-state index in [2.05, 4.69) is 9.97 Å². The largest absolute Gasteiger partial charge is 0.344 e. The number of aromatic nitrogens is 2. The van der Waals surface area contributed by atoms with Gasteiger partial charge >= 0.3 is 0 Å². The second kappa shape index (κ2) is 4.51. The Labute approximate surface area is 88.2 Å². The number of nitrogens with zero attached hydrogens (tertiary/aromatic N) is 3. The molecule has 1 aromatic rings. The van der Waals surface area contributed by atoms with E-state index in [1.54, 1.807) is 11.1 Å². The summed E-state index contributed by atoms with van der Waals surface area (Å²) in [4.78, 5) is 9.30. The fraction of sp³-hybridized carbons (Fsp3) is 0.600. The quantitative estimate of drug-likeness (QED) is 0.719. The first-order valence-corrected chi connectivity index (χ1v) is 4.98. The number of hydrogen-bond donors (Lipinski definition) is 0. The molecule has 0 aromatic carbocycles. The lowest BCUT2D eigenvalue weighted by molar-refractivity contribution is -0.0267. The van der Waals surface area contributed by atoms with Crippen LogP contribution >= 0.6 is 0 Å². The summed E-state index contributed by atoms with van der Waals surface area (Å²) < 4.78 is 25.0. The van der Waals surface area contributed by atoms with Gasteiger partial charge in [0, 0.05) is 11.8 Å². The third-order valence-electron chi connectivity index (χ3n) is 2.01. The van der Waals surface area contributed by atoms with Gasteiger partial charge < -0.3 is 4.90 Å². The Hall–Kier alpha value is -1.26. The first kappa shape index (κ1) is 11.8. The van der Waals surface area contributed by atoms with E-state index in [1.807, 2.05) is 20.8 Å². The van der Waals surface area contributed by atoms with Gasteiger partial charge in [0.2, 0.25) is 0 Å². The van der Waals surface area contributed by atoms with Crippen LogP contribution in [-0.2, 0) is 0 Å². The van der Waals surface area contributed by atoms with Crippen LogP contribution in [0.25, 0.3) is 0 Å². The molecule has 1 aliphatic heterocycles. The lowest BCUT2D eigenvalue weighted by Gasteiger charge is -2.39. The molecule has 1 aromatic heterocycles. The molecule has 0 aliphatic carbocycles. The molecule has 0 amide bonds. The number of rotatable bonds is 1.